The maximum absolute atomic E-state index is 5.48. The van der Waals surface area contributed by atoms with Crippen LogP contribution in [0, 0.1) is 0 Å². The fourth-order valence-electron chi connectivity index (χ4n) is 1.03. The lowest BCUT2D eigenvalue weighted by Gasteiger charge is -2.03. The summed E-state index contributed by atoms with van der Waals surface area (Å²) < 4.78 is 0. The largest absolute Gasteiger partial charge is 0.382 e. The van der Waals surface area contributed by atoms with Crippen LogP contribution >= 0.6 is 0 Å². The second kappa shape index (κ2) is 3.69. The first-order chi connectivity index (χ1) is 6.84. The summed E-state index contributed by atoms with van der Waals surface area (Å²) in [5.41, 5.74) is 6.34. The summed E-state index contributed by atoms with van der Waals surface area (Å²) in [6.07, 6.45) is 6.50. The van der Waals surface area contributed by atoms with E-state index in [-0.39, 0.29) is 0 Å². The molecule has 0 aliphatic heterocycles. The predicted molar refractivity (Wildman–Crippen MR) is 54.0 cm³/mol. The van der Waals surface area contributed by atoms with Gasteiger partial charge in [0, 0.05) is 6.20 Å². The molecule has 0 amide bonds. The van der Waals surface area contributed by atoms with Gasteiger partial charge in [-0.05, 0) is 12.1 Å². The molecule has 0 atom stereocenters. The van der Waals surface area contributed by atoms with Crippen LogP contribution in [0.4, 0.5) is 17.3 Å². The van der Waals surface area contributed by atoms with Crippen LogP contribution in [-0.4, -0.2) is 15.0 Å². The van der Waals surface area contributed by atoms with Crippen LogP contribution in [0.3, 0.4) is 0 Å². The summed E-state index contributed by atoms with van der Waals surface area (Å²) in [7, 11) is 0. The maximum Gasteiger partial charge on any atom is 0.151 e. The summed E-state index contributed by atoms with van der Waals surface area (Å²) in [5, 5.41) is 3.03. The van der Waals surface area contributed by atoms with Crippen LogP contribution in [0.1, 0.15) is 0 Å². The monoisotopic (exact) mass is 187 g/mol. The molecule has 0 aromatic carbocycles. The summed E-state index contributed by atoms with van der Waals surface area (Å²) in [5.74, 6) is 0.997. The topological polar surface area (TPSA) is 76.7 Å². The third-order valence-electron chi connectivity index (χ3n) is 1.59. The van der Waals surface area contributed by atoms with Crippen LogP contribution in [-0.2, 0) is 0 Å². The van der Waals surface area contributed by atoms with Crippen molar-refractivity contribution in [2.75, 3.05) is 11.1 Å². The van der Waals surface area contributed by atoms with Gasteiger partial charge in [0.2, 0.25) is 0 Å². The van der Waals surface area contributed by atoms with E-state index in [0.717, 1.165) is 5.69 Å². The van der Waals surface area contributed by atoms with Crippen molar-refractivity contribution in [3.63, 3.8) is 0 Å². The molecule has 0 saturated carbocycles. The van der Waals surface area contributed by atoms with Gasteiger partial charge in [0.1, 0.15) is 5.82 Å². The Balaban J connectivity index is 2.19. The van der Waals surface area contributed by atoms with E-state index in [9.17, 15) is 0 Å². The van der Waals surface area contributed by atoms with E-state index in [1.165, 1.54) is 6.20 Å². The van der Waals surface area contributed by atoms with Crippen molar-refractivity contribution in [2.24, 2.45) is 0 Å². The van der Waals surface area contributed by atoms with Gasteiger partial charge in [0.05, 0.1) is 24.3 Å². The lowest BCUT2D eigenvalue weighted by atomic mass is 10.4. The summed E-state index contributed by atoms with van der Waals surface area (Å²) in [6, 6.07) is 3.72. The van der Waals surface area contributed by atoms with E-state index in [1.54, 1.807) is 18.6 Å². The molecule has 14 heavy (non-hydrogen) atoms. The zero-order valence-corrected chi connectivity index (χ0v) is 7.38. The van der Waals surface area contributed by atoms with E-state index in [0.29, 0.717) is 11.6 Å². The summed E-state index contributed by atoms with van der Waals surface area (Å²) in [6.45, 7) is 0. The number of nitrogens with two attached hydrogens (primary N) is 1. The quantitative estimate of drug-likeness (QED) is 0.738. The number of pyridine rings is 1. The highest BCUT2D eigenvalue weighted by atomic mass is 15.0. The SMILES string of the molecule is Nc1cncc(Nc2cccnc2)n1. The zero-order chi connectivity index (χ0) is 9.80. The van der Waals surface area contributed by atoms with Crippen LogP contribution in [0.5, 0.6) is 0 Å². The van der Waals surface area contributed by atoms with Crippen molar-refractivity contribution in [3.05, 3.63) is 36.9 Å². The lowest BCUT2D eigenvalue weighted by Crippen LogP contribution is -1.98. The molecule has 0 saturated heterocycles. The van der Waals surface area contributed by atoms with E-state index in [2.05, 4.69) is 20.3 Å². The molecule has 0 spiro atoms. The third kappa shape index (κ3) is 1.95. The number of nitrogens with zero attached hydrogens (tertiary/aromatic N) is 3. The average molecular weight is 187 g/mol. The Morgan fingerprint density at radius 2 is 2.07 bits per heavy atom. The molecule has 5 nitrogen and oxygen atoms in total. The predicted octanol–water partition coefficient (Wildman–Crippen LogP) is 1.20. The molecule has 2 aromatic heterocycles. The lowest BCUT2D eigenvalue weighted by molar-refractivity contribution is 1.20. The summed E-state index contributed by atoms with van der Waals surface area (Å²) in [4.78, 5) is 11.9. The minimum Gasteiger partial charge on any atom is -0.382 e. The van der Waals surface area contributed by atoms with Gasteiger partial charge in [-0.25, -0.2) is 4.98 Å². The van der Waals surface area contributed by atoms with Crippen molar-refractivity contribution >= 4 is 17.3 Å². The molecule has 3 N–H and O–H groups in total. The molecule has 5 heteroatoms. The Morgan fingerprint density at radius 1 is 1.14 bits per heavy atom. The first kappa shape index (κ1) is 8.43. The Labute approximate surface area is 81.0 Å². The molecular weight excluding hydrogens is 178 g/mol. The van der Waals surface area contributed by atoms with E-state index >= 15 is 0 Å². The third-order valence-corrected chi connectivity index (χ3v) is 1.59. The second-order valence-corrected chi connectivity index (χ2v) is 2.70. The van der Waals surface area contributed by atoms with Gasteiger partial charge in [-0.1, -0.05) is 0 Å². The molecule has 0 unspecified atom stereocenters. The van der Waals surface area contributed by atoms with Crippen molar-refractivity contribution < 1.29 is 0 Å². The van der Waals surface area contributed by atoms with Gasteiger partial charge in [-0.15, -0.1) is 0 Å². The molecule has 70 valence electrons. The maximum atomic E-state index is 5.48. The molecule has 2 aromatic rings. The highest BCUT2D eigenvalue weighted by molar-refractivity contribution is 5.54. The van der Waals surface area contributed by atoms with Crippen molar-refractivity contribution in [1.82, 2.24) is 15.0 Å². The van der Waals surface area contributed by atoms with E-state index in [4.69, 9.17) is 5.73 Å². The van der Waals surface area contributed by atoms with Crippen LogP contribution < -0.4 is 11.1 Å². The highest BCUT2D eigenvalue weighted by Gasteiger charge is 1.95. The number of aromatic nitrogens is 3. The standard InChI is InChI=1S/C9H9N5/c10-8-5-12-6-9(14-8)13-7-2-1-3-11-4-7/h1-6H,(H3,10,13,14). The average Bonchev–Trinajstić information content (AvgIpc) is 2.19. The van der Waals surface area contributed by atoms with Gasteiger partial charge in [0.25, 0.3) is 0 Å². The molecule has 0 radical (unpaired) electrons. The normalized spacial score (nSPS) is 9.71. The fourth-order valence-corrected chi connectivity index (χ4v) is 1.03. The van der Waals surface area contributed by atoms with Crippen LogP contribution in [0.15, 0.2) is 36.9 Å². The van der Waals surface area contributed by atoms with Gasteiger partial charge in [-0.2, -0.15) is 0 Å². The Morgan fingerprint density at radius 3 is 2.79 bits per heavy atom. The Kier molecular flexibility index (Phi) is 2.22. The molecule has 0 fully saturated rings. The number of hydrogen-bond donors (Lipinski definition) is 2. The van der Waals surface area contributed by atoms with E-state index < -0.39 is 0 Å². The zero-order valence-electron chi connectivity index (χ0n) is 7.38. The van der Waals surface area contributed by atoms with E-state index in [1.807, 2.05) is 12.1 Å². The number of hydrogen-bond acceptors (Lipinski definition) is 5. The first-order valence-electron chi connectivity index (χ1n) is 4.09. The number of nitrogen functional groups attached to an aromatic ring is 1. The van der Waals surface area contributed by atoms with Gasteiger partial charge < -0.3 is 11.1 Å². The van der Waals surface area contributed by atoms with Crippen molar-refractivity contribution in [2.45, 2.75) is 0 Å². The number of rotatable bonds is 2. The molecular formula is C9H9N5. The van der Waals surface area contributed by atoms with Crippen LogP contribution in [0.25, 0.3) is 0 Å². The second-order valence-electron chi connectivity index (χ2n) is 2.70. The number of anilines is 3. The number of nitrogens with one attached hydrogen (secondary N) is 1. The minimum absolute atomic E-state index is 0.388. The van der Waals surface area contributed by atoms with Crippen LogP contribution in [0.2, 0.25) is 0 Å². The molecule has 0 aliphatic carbocycles. The molecule has 0 aliphatic rings. The fraction of sp³-hybridized carbons (Fsp3) is 0. The highest BCUT2D eigenvalue weighted by Crippen LogP contribution is 2.11. The molecule has 2 rings (SSSR count). The smallest absolute Gasteiger partial charge is 0.151 e. The first-order valence-corrected chi connectivity index (χ1v) is 4.09. The molecule has 0 bridgehead atoms. The summed E-state index contributed by atoms with van der Waals surface area (Å²) >= 11 is 0. The van der Waals surface area contributed by atoms with Gasteiger partial charge in [-0.3, -0.25) is 9.97 Å². The van der Waals surface area contributed by atoms with Gasteiger partial charge in [0.15, 0.2) is 5.82 Å². The van der Waals surface area contributed by atoms with Crippen molar-refractivity contribution in [1.29, 1.82) is 0 Å². The van der Waals surface area contributed by atoms with Crippen molar-refractivity contribution in [3.8, 4) is 0 Å². The van der Waals surface area contributed by atoms with Gasteiger partial charge >= 0.3 is 0 Å². The minimum atomic E-state index is 0.388. The Hall–Kier alpha value is -2.17. The Bertz CT molecular complexity index is 415. The molecule has 2 heterocycles.